The fourth-order valence-electron chi connectivity index (χ4n) is 0. The molecule has 0 aromatic heterocycles. The highest BCUT2D eigenvalue weighted by atomic mass is 14.9. The largest absolute Gasteiger partial charge is 0.310 e. The van der Waals surface area contributed by atoms with E-state index in [-0.39, 0.29) is 6.17 Å². The highest BCUT2D eigenvalue weighted by molar-refractivity contribution is 5.23. The molecule has 0 aliphatic carbocycles. The molecule has 2 heteroatoms. The first-order valence-corrected chi connectivity index (χ1v) is 1.49. The third-order valence-corrected chi connectivity index (χ3v) is 0.288. The van der Waals surface area contributed by atoms with Crippen molar-refractivity contribution >= 4 is 6.72 Å². The molecule has 0 aliphatic rings. The maximum Gasteiger partial charge on any atom is 0.0933 e. The Labute approximate surface area is 31.7 Å². The van der Waals surface area contributed by atoms with Crippen LogP contribution in [0.2, 0.25) is 0 Å². The molecule has 0 aromatic carbocycles. The van der Waals surface area contributed by atoms with Gasteiger partial charge in [-0.1, -0.05) is 0 Å². The van der Waals surface area contributed by atoms with E-state index in [4.69, 9.17) is 5.73 Å². The van der Waals surface area contributed by atoms with Gasteiger partial charge in [0.05, 0.1) is 6.17 Å². The van der Waals surface area contributed by atoms with Gasteiger partial charge < -0.3 is 5.73 Å². The van der Waals surface area contributed by atoms with Gasteiger partial charge in [0.1, 0.15) is 0 Å². The molecule has 0 rings (SSSR count). The molecule has 1 atom stereocenters. The number of hydrogen-bond acceptors (Lipinski definition) is 2. The van der Waals surface area contributed by atoms with Crippen molar-refractivity contribution in [1.82, 2.24) is 0 Å². The Morgan fingerprint density at radius 1 is 2.00 bits per heavy atom. The Hall–Kier alpha value is -0.370. The molecule has 0 saturated carbocycles. The maximum atomic E-state index is 5.06. The third kappa shape index (κ3) is 3.63. The summed E-state index contributed by atoms with van der Waals surface area (Å²) in [7, 11) is 0. The minimum Gasteiger partial charge on any atom is -0.310 e. The van der Waals surface area contributed by atoms with Gasteiger partial charge in [0.25, 0.3) is 0 Å². The van der Waals surface area contributed by atoms with Crippen molar-refractivity contribution in [3.8, 4) is 0 Å². The normalized spacial score (nSPS) is 14.0. The molecule has 0 heterocycles. The molecule has 0 aromatic rings. The monoisotopic (exact) mass is 72.1 g/mol. The Balaban J connectivity index is 2.83. The SMILES string of the molecule is C=NC(C)N. The second-order valence-electron chi connectivity index (χ2n) is 0.923. The first-order valence-electron chi connectivity index (χ1n) is 1.49. The van der Waals surface area contributed by atoms with E-state index in [1.165, 1.54) is 0 Å². The van der Waals surface area contributed by atoms with Gasteiger partial charge in [0, 0.05) is 0 Å². The summed E-state index contributed by atoms with van der Waals surface area (Å²) in [4.78, 5) is 3.42. The Bertz CT molecular complexity index is 31.9. The number of aliphatic imine (C=N–C) groups is 1. The fraction of sp³-hybridized carbons (Fsp3) is 0.667. The molecule has 0 spiro atoms. The van der Waals surface area contributed by atoms with E-state index in [0.717, 1.165) is 0 Å². The summed E-state index contributed by atoms with van der Waals surface area (Å²) in [6.45, 7) is 4.96. The van der Waals surface area contributed by atoms with Crippen molar-refractivity contribution in [2.24, 2.45) is 10.7 Å². The van der Waals surface area contributed by atoms with Crippen LogP contribution in [0.1, 0.15) is 6.92 Å². The topological polar surface area (TPSA) is 38.4 Å². The molecule has 0 aliphatic heterocycles. The van der Waals surface area contributed by atoms with Gasteiger partial charge >= 0.3 is 0 Å². The van der Waals surface area contributed by atoms with Crippen LogP contribution in [0.4, 0.5) is 0 Å². The Morgan fingerprint density at radius 3 is 2.20 bits per heavy atom. The lowest BCUT2D eigenvalue weighted by Crippen LogP contribution is -2.09. The lowest BCUT2D eigenvalue weighted by atomic mass is 10.6. The minimum absolute atomic E-state index is 0.102. The minimum atomic E-state index is -0.102. The van der Waals surface area contributed by atoms with Crippen LogP contribution in [-0.2, 0) is 0 Å². The Kier molecular flexibility index (Phi) is 1.76. The summed E-state index contributed by atoms with van der Waals surface area (Å²) in [5.74, 6) is 0. The molecular formula is C3H8N2. The van der Waals surface area contributed by atoms with Gasteiger partial charge in [-0.2, -0.15) is 0 Å². The zero-order chi connectivity index (χ0) is 4.28. The molecule has 1 unspecified atom stereocenters. The summed E-state index contributed by atoms with van der Waals surface area (Å²) >= 11 is 0. The summed E-state index contributed by atoms with van der Waals surface area (Å²) in [6, 6.07) is 0. The van der Waals surface area contributed by atoms with E-state index in [1.807, 2.05) is 0 Å². The quantitative estimate of drug-likeness (QED) is 0.435. The van der Waals surface area contributed by atoms with Crippen LogP contribution in [-0.4, -0.2) is 12.9 Å². The van der Waals surface area contributed by atoms with Crippen molar-refractivity contribution in [2.45, 2.75) is 13.1 Å². The van der Waals surface area contributed by atoms with Gasteiger partial charge in [0.2, 0.25) is 0 Å². The van der Waals surface area contributed by atoms with Gasteiger partial charge in [-0.3, -0.25) is 4.99 Å². The van der Waals surface area contributed by atoms with Crippen LogP contribution in [0, 0.1) is 0 Å². The predicted molar refractivity (Wildman–Crippen MR) is 23.2 cm³/mol. The molecule has 30 valence electrons. The summed E-state index contributed by atoms with van der Waals surface area (Å²) in [5, 5.41) is 0. The van der Waals surface area contributed by atoms with E-state index in [2.05, 4.69) is 11.7 Å². The molecular weight excluding hydrogens is 64.0 g/mol. The Morgan fingerprint density at radius 2 is 2.20 bits per heavy atom. The zero-order valence-electron chi connectivity index (χ0n) is 3.31. The lowest BCUT2D eigenvalue weighted by molar-refractivity contribution is 0.800. The van der Waals surface area contributed by atoms with Crippen molar-refractivity contribution in [3.63, 3.8) is 0 Å². The lowest BCUT2D eigenvalue weighted by Gasteiger charge is -1.86. The zero-order valence-corrected chi connectivity index (χ0v) is 3.31. The van der Waals surface area contributed by atoms with Gasteiger partial charge in [0.15, 0.2) is 0 Å². The standard InChI is InChI=1S/C3H8N2/c1-3(4)5-2/h3H,2,4H2,1H3. The van der Waals surface area contributed by atoms with E-state index in [0.29, 0.717) is 0 Å². The van der Waals surface area contributed by atoms with Crippen molar-refractivity contribution in [1.29, 1.82) is 0 Å². The highest BCUT2D eigenvalue weighted by Gasteiger charge is 1.73. The maximum absolute atomic E-state index is 5.06. The fourth-order valence-corrected chi connectivity index (χ4v) is 0. The van der Waals surface area contributed by atoms with Crippen molar-refractivity contribution in [2.75, 3.05) is 0 Å². The molecule has 0 saturated heterocycles. The van der Waals surface area contributed by atoms with Gasteiger partial charge in [-0.25, -0.2) is 0 Å². The molecule has 0 bridgehead atoms. The van der Waals surface area contributed by atoms with Crippen molar-refractivity contribution < 1.29 is 0 Å². The van der Waals surface area contributed by atoms with Crippen LogP contribution in [0.3, 0.4) is 0 Å². The van der Waals surface area contributed by atoms with Crippen LogP contribution in [0.15, 0.2) is 4.99 Å². The molecule has 2 N–H and O–H groups in total. The van der Waals surface area contributed by atoms with Crippen LogP contribution < -0.4 is 5.73 Å². The highest BCUT2D eigenvalue weighted by Crippen LogP contribution is 1.66. The van der Waals surface area contributed by atoms with Crippen LogP contribution >= 0.6 is 0 Å². The van der Waals surface area contributed by atoms with Crippen LogP contribution in [0.25, 0.3) is 0 Å². The van der Waals surface area contributed by atoms with E-state index in [1.54, 1.807) is 6.92 Å². The summed E-state index contributed by atoms with van der Waals surface area (Å²) < 4.78 is 0. The number of hydrogen-bond donors (Lipinski definition) is 1. The smallest absolute Gasteiger partial charge is 0.0933 e. The van der Waals surface area contributed by atoms with Crippen molar-refractivity contribution in [3.05, 3.63) is 0 Å². The van der Waals surface area contributed by atoms with E-state index >= 15 is 0 Å². The predicted octanol–water partition coefficient (Wildman–Crippen LogP) is -0.00830. The molecule has 0 radical (unpaired) electrons. The third-order valence-electron chi connectivity index (χ3n) is 0.288. The number of rotatable bonds is 1. The summed E-state index contributed by atoms with van der Waals surface area (Å²) in [5.41, 5.74) is 5.06. The van der Waals surface area contributed by atoms with Crippen LogP contribution in [0.5, 0.6) is 0 Å². The number of nitrogens with two attached hydrogens (primary N) is 1. The number of nitrogens with zero attached hydrogens (tertiary/aromatic N) is 1. The van der Waals surface area contributed by atoms with Gasteiger partial charge in [-0.15, -0.1) is 0 Å². The van der Waals surface area contributed by atoms with E-state index in [9.17, 15) is 0 Å². The molecule has 2 nitrogen and oxygen atoms in total. The average Bonchev–Trinajstić information content (AvgIpc) is 1.38. The summed E-state index contributed by atoms with van der Waals surface area (Å²) in [6.07, 6.45) is -0.102. The molecule has 0 fully saturated rings. The second-order valence-corrected chi connectivity index (χ2v) is 0.923. The first-order chi connectivity index (χ1) is 2.27. The first kappa shape index (κ1) is 4.63. The van der Waals surface area contributed by atoms with E-state index < -0.39 is 0 Å². The molecule has 5 heavy (non-hydrogen) atoms. The van der Waals surface area contributed by atoms with Gasteiger partial charge in [-0.05, 0) is 13.6 Å². The molecule has 0 amide bonds. The second kappa shape index (κ2) is 1.91. The average molecular weight is 72.1 g/mol.